The SMILES string of the molecule is CCCn1ccc(NCc2ccc[nH]2)n1. The molecule has 0 aliphatic carbocycles. The van der Waals surface area contributed by atoms with Crippen LogP contribution >= 0.6 is 0 Å². The van der Waals surface area contributed by atoms with Gasteiger partial charge in [0.15, 0.2) is 0 Å². The van der Waals surface area contributed by atoms with E-state index in [1.165, 1.54) is 5.69 Å². The van der Waals surface area contributed by atoms with Crippen molar-refractivity contribution in [3.63, 3.8) is 0 Å². The van der Waals surface area contributed by atoms with Gasteiger partial charge in [-0.25, -0.2) is 0 Å². The van der Waals surface area contributed by atoms with Gasteiger partial charge < -0.3 is 10.3 Å². The fourth-order valence-corrected chi connectivity index (χ4v) is 1.47. The summed E-state index contributed by atoms with van der Waals surface area (Å²) < 4.78 is 1.96. The first-order valence-corrected chi connectivity index (χ1v) is 5.28. The molecule has 0 saturated heterocycles. The Labute approximate surface area is 89.3 Å². The van der Waals surface area contributed by atoms with Crippen LogP contribution in [0.4, 0.5) is 5.82 Å². The molecule has 0 amide bonds. The van der Waals surface area contributed by atoms with Crippen LogP contribution in [-0.2, 0) is 13.1 Å². The summed E-state index contributed by atoms with van der Waals surface area (Å²) in [5.74, 6) is 0.929. The van der Waals surface area contributed by atoms with Crippen molar-refractivity contribution >= 4 is 5.82 Å². The van der Waals surface area contributed by atoms with Crippen molar-refractivity contribution in [2.24, 2.45) is 0 Å². The number of rotatable bonds is 5. The van der Waals surface area contributed by atoms with Crippen LogP contribution in [0.3, 0.4) is 0 Å². The third kappa shape index (κ3) is 2.62. The van der Waals surface area contributed by atoms with Crippen molar-refractivity contribution in [2.75, 3.05) is 5.32 Å². The summed E-state index contributed by atoms with van der Waals surface area (Å²) in [7, 11) is 0. The predicted octanol–water partition coefficient (Wildman–Crippen LogP) is 2.23. The quantitative estimate of drug-likeness (QED) is 0.784. The summed E-state index contributed by atoms with van der Waals surface area (Å²) >= 11 is 0. The molecule has 0 aliphatic rings. The van der Waals surface area contributed by atoms with Crippen LogP contribution in [0.5, 0.6) is 0 Å². The summed E-state index contributed by atoms with van der Waals surface area (Å²) in [6.45, 7) is 3.91. The molecule has 0 saturated carbocycles. The Morgan fingerprint density at radius 2 is 2.40 bits per heavy atom. The molecule has 0 aromatic carbocycles. The van der Waals surface area contributed by atoms with Crippen LogP contribution < -0.4 is 5.32 Å². The van der Waals surface area contributed by atoms with Crippen LogP contribution in [0.15, 0.2) is 30.6 Å². The molecule has 2 aromatic heterocycles. The number of H-pyrrole nitrogens is 1. The molecular weight excluding hydrogens is 188 g/mol. The van der Waals surface area contributed by atoms with Crippen molar-refractivity contribution in [1.29, 1.82) is 0 Å². The molecule has 0 spiro atoms. The molecule has 0 unspecified atom stereocenters. The van der Waals surface area contributed by atoms with Gasteiger partial charge in [-0.1, -0.05) is 6.92 Å². The molecule has 0 bridgehead atoms. The number of aromatic nitrogens is 3. The van der Waals surface area contributed by atoms with Gasteiger partial charge in [-0.2, -0.15) is 5.10 Å². The summed E-state index contributed by atoms with van der Waals surface area (Å²) in [6, 6.07) is 6.04. The fourth-order valence-electron chi connectivity index (χ4n) is 1.47. The molecule has 2 N–H and O–H groups in total. The lowest BCUT2D eigenvalue weighted by atomic mass is 10.4. The van der Waals surface area contributed by atoms with E-state index >= 15 is 0 Å². The average Bonchev–Trinajstić information content (AvgIpc) is 2.85. The third-order valence-corrected chi connectivity index (χ3v) is 2.22. The predicted molar refractivity (Wildman–Crippen MR) is 60.6 cm³/mol. The van der Waals surface area contributed by atoms with E-state index in [0.717, 1.165) is 25.3 Å². The molecule has 4 nitrogen and oxygen atoms in total. The minimum Gasteiger partial charge on any atom is -0.364 e. The van der Waals surface area contributed by atoms with E-state index in [0.29, 0.717) is 0 Å². The third-order valence-electron chi connectivity index (χ3n) is 2.22. The van der Waals surface area contributed by atoms with Crippen molar-refractivity contribution < 1.29 is 0 Å². The van der Waals surface area contributed by atoms with Gasteiger partial charge in [-0.3, -0.25) is 4.68 Å². The number of nitrogens with zero attached hydrogens (tertiary/aromatic N) is 2. The van der Waals surface area contributed by atoms with Gasteiger partial charge in [-0.05, 0) is 18.6 Å². The molecule has 0 fully saturated rings. The van der Waals surface area contributed by atoms with E-state index in [-0.39, 0.29) is 0 Å². The minimum absolute atomic E-state index is 0.788. The maximum absolute atomic E-state index is 4.39. The Morgan fingerprint density at radius 1 is 1.47 bits per heavy atom. The molecule has 15 heavy (non-hydrogen) atoms. The smallest absolute Gasteiger partial charge is 0.148 e. The van der Waals surface area contributed by atoms with E-state index < -0.39 is 0 Å². The van der Waals surface area contributed by atoms with E-state index in [4.69, 9.17) is 0 Å². The second kappa shape index (κ2) is 4.68. The zero-order valence-electron chi connectivity index (χ0n) is 8.90. The highest BCUT2D eigenvalue weighted by Gasteiger charge is 1.97. The number of hydrogen-bond donors (Lipinski definition) is 2. The van der Waals surface area contributed by atoms with Gasteiger partial charge in [0.05, 0.1) is 6.54 Å². The summed E-state index contributed by atoms with van der Waals surface area (Å²) in [5.41, 5.74) is 1.17. The van der Waals surface area contributed by atoms with Crippen molar-refractivity contribution in [2.45, 2.75) is 26.4 Å². The first kappa shape index (κ1) is 9.83. The molecule has 4 heteroatoms. The number of anilines is 1. The highest BCUT2D eigenvalue weighted by atomic mass is 15.3. The molecule has 0 radical (unpaired) electrons. The number of hydrogen-bond acceptors (Lipinski definition) is 2. The minimum atomic E-state index is 0.788. The van der Waals surface area contributed by atoms with Gasteiger partial charge in [0.2, 0.25) is 0 Å². The monoisotopic (exact) mass is 204 g/mol. The second-order valence-corrected chi connectivity index (χ2v) is 3.51. The first-order valence-electron chi connectivity index (χ1n) is 5.28. The van der Waals surface area contributed by atoms with Crippen molar-refractivity contribution in [3.05, 3.63) is 36.3 Å². The van der Waals surface area contributed by atoms with Crippen LogP contribution in [-0.4, -0.2) is 14.8 Å². The van der Waals surface area contributed by atoms with Gasteiger partial charge in [-0.15, -0.1) is 0 Å². The standard InChI is InChI=1S/C11H16N4/c1-2-7-15-8-5-11(14-15)13-9-10-4-3-6-12-10/h3-6,8,12H,2,7,9H2,1H3,(H,13,14). The van der Waals surface area contributed by atoms with Crippen LogP contribution in [0.1, 0.15) is 19.0 Å². The van der Waals surface area contributed by atoms with Gasteiger partial charge in [0.1, 0.15) is 5.82 Å². The molecule has 2 aromatic rings. The highest BCUT2D eigenvalue weighted by Crippen LogP contribution is 2.05. The van der Waals surface area contributed by atoms with Gasteiger partial charge >= 0.3 is 0 Å². The largest absolute Gasteiger partial charge is 0.364 e. The molecule has 80 valence electrons. The lowest BCUT2D eigenvalue weighted by Crippen LogP contribution is -2.02. The Bertz CT molecular complexity index is 388. The summed E-state index contributed by atoms with van der Waals surface area (Å²) in [4.78, 5) is 3.14. The fraction of sp³-hybridized carbons (Fsp3) is 0.364. The van der Waals surface area contributed by atoms with Crippen LogP contribution in [0, 0.1) is 0 Å². The second-order valence-electron chi connectivity index (χ2n) is 3.51. The Kier molecular flexibility index (Phi) is 3.07. The highest BCUT2D eigenvalue weighted by molar-refractivity contribution is 5.32. The normalized spacial score (nSPS) is 10.5. The van der Waals surface area contributed by atoms with E-state index in [9.17, 15) is 0 Å². The van der Waals surface area contributed by atoms with Crippen LogP contribution in [0.25, 0.3) is 0 Å². The Hall–Kier alpha value is -1.71. The Morgan fingerprint density at radius 3 is 3.13 bits per heavy atom. The van der Waals surface area contributed by atoms with Crippen LogP contribution in [0.2, 0.25) is 0 Å². The first-order chi connectivity index (χ1) is 7.38. The van der Waals surface area contributed by atoms with Gasteiger partial charge in [0.25, 0.3) is 0 Å². The van der Waals surface area contributed by atoms with Crippen molar-refractivity contribution in [1.82, 2.24) is 14.8 Å². The zero-order valence-corrected chi connectivity index (χ0v) is 8.90. The number of aromatic amines is 1. The topological polar surface area (TPSA) is 45.6 Å². The summed E-state index contributed by atoms with van der Waals surface area (Å²) in [5, 5.41) is 7.65. The molecule has 2 heterocycles. The molecular formula is C11H16N4. The molecule has 2 rings (SSSR count). The molecule has 0 atom stereocenters. The van der Waals surface area contributed by atoms with E-state index in [1.807, 2.05) is 29.2 Å². The zero-order chi connectivity index (χ0) is 10.5. The average molecular weight is 204 g/mol. The van der Waals surface area contributed by atoms with Crippen molar-refractivity contribution in [3.8, 4) is 0 Å². The maximum atomic E-state index is 4.39. The lowest BCUT2D eigenvalue weighted by molar-refractivity contribution is 0.604. The summed E-state index contributed by atoms with van der Waals surface area (Å²) in [6.07, 6.45) is 5.03. The number of nitrogens with one attached hydrogen (secondary N) is 2. The van der Waals surface area contributed by atoms with Gasteiger partial charge in [0, 0.05) is 30.7 Å². The molecule has 0 aliphatic heterocycles. The van der Waals surface area contributed by atoms with E-state index in [1.54, 1.807) is 0 Å². The number of aryl methyl sites for hydroxylation is 1. The maximum Gasteiger partial charge on any atom is 0.148 e. The van der Waals surface area contributed by atoms with E-state index in [2.05, 4.69) is 28.4 Å². The lowest BCUT2D eigenvalue weighted by Gasteiger charge is -2.00. The Balaban J connectivity index is 1.88.